The summed E-state index contributed by atoms with van der Waals surface area (Å²) >= 11 is 0. The molecule has 0 aliphatic carbocycles. The lowest BCUT2D eigenvalue weighted by Crippen LogP contribution is -2.40. The number of aromatic hydroxyl groups is 1. The van der Waals surface area contributed by atoms with Crippen molar-refractivity contribution in [1.82, 2.24) is 20.5 Å². The zero-order valence-corrected chi connectivity index (χ0v) is 29.0. The van der Waals surface area contributed by atoms with E-state index in [0.717, 1.165) is 41.8 Å². The van der Waals surface area contributed by atoms with E-state index in [1.807, 2.05) is 72.8 Å². The number of piperidine rings is 1. The van der Waals surface area contributed by atoms with E-state index in [1.165, 1.54) is 12.1 Å². The number of anilines is 1. The van der Waals surface area contributed by atoms with Gasteiger partial charge in [0.25, 0.3) is 0 Å². The molecule has 6 N–H and O–H groups in total. The number of phenols is 1. The van der Waals surface area contributed by atoms with E-state index in [-0.39, 0.29) is 23.3 Å². The van der Waals surface area contributed by atoms with Crippen LogP contribution in [0, 0.1) is 0 Å². The highest BCUT2D eigenvalue weighted by Crippen LogP contribution is 2.29. The Morgan fingerprint density at radius 2 is 1.67 bits per heavy atom. The van der Waals surface area contributed by atoms with Crippen molar-refractivity contribution < 1.29 is 24.5 Å². The molecule has 2 heterocycles. The van der Waals surface area contributed by atoms with Crippen LogP contribution in [0.5, 0.6) is 5.75 Å². The minimum Gasteiger partial charge on any atom is -0.506 e. The van der Waals surface area contributed by atoms with Crippen LogP contribution in [0.25, 0.3) is 22.0 Å². The third-order valence-electron chi connectivity index (χ3n) is 9.39. The molecular weight excluding hydrogens is 658 g/mol. The van der Waals surface area contributed by atoms with Crippen LogP contribution in [0.15, 0.2) is 108 Å². The molecular formula is C41H45N5O6. The first-order valence-electron chi connectivity index (χ1n) is 17.7. The number of carbonyl (C=O) groups is 2. The number of hydrogen-bond donors (Lipinski definition) is 6. The zero-order chi connectivity index (χ0) is 36.3. The van der Waals surface area contributed by atoms with Gasteiger partial charge in [0.15, 0.2) is 0 Å². The van der Waals surface area contributed by atoms with E-state index in [0.29, 0.717) is 67.6 Å². The molecule has 1 saturated heterocycles. The van der Waals surface area contributed by atoms with Crippen LogP contribution in [0.4, 0.5) is 10.5 Å². The Morgan fingerprint density at radius 1 is 0.904 bits per heavy atom. The average Bonchev–Trinajstić information content (AvgIpc) is 3.16. The van der Waals surface area contributed by atoms with Crippen LogP contribution in [0.2, 0.25) is 0 Å². The third-order valence-corrected chi connectivity index (χ3v) is 9.39. The van der Waals surface area contributed by atoms with Gasteiger partial charge in [0, 0.05) is 56.2 Å². The molecule has 11 nitrogen and oxygen atoms in total. The highest BCUT2D eigenvalue weighted by atomic mass is 16.6. The standard InChI is InChI=1S/C41H45N5O6/c47-36-15-13-33(34-14-16-39(50)45-40(34)36)37(48)27-42-21-17-28-7-6-8-29(25-28)26-43-38(49)20-24-46-22-18-31(19-23-46)52-41(51)44-35-12-5-4-11-32(35)30-9-2-1-3-10-30/h1-16,25,31,37,42,47-48H,17-24,26-27H2,(H,43,49)(H,44,51)(H,45,50)/t37-/m0/s1. The normalized spacial score (nSPS) is 14.2. The Hall–Kier alpha value is -5.49. The number of fused-ring (bicyclic) bond motifs is 1. The number of ether oxygens (including phenoxy) is 1. The molecule has 270 valence electrons. The molecule has 11 heteroatoms. The minimum atomic E-state index is -0.823. The van der Waals surface area contributed by atoms with Gasteiger partial charge in [-0.25, -0.2) is 4.79 Å². The van der Waals surface area contributed by atoms with Gasteiger partial charge in [0.2, 0.25) is 11.5 Å². The van der Waals surface area contributed by atoms with Crippen LogP contribution >= 0.6 is 0 Å². The number of carbonyl (C=O) groups excluding carboxylic acids is 2. The number of H-pyrrole nitrogens is 1. The van der Waals surface area contributed by atoms with Crippen LogP contribution in [-0.2, 0) is 22.5 Å². The molecule has 52 heavy (non-hydrogen) atoms. The largest absolute Gasteiger partial charge is 0.506 e. The van der Waals surface area contributed by atoms with E-state index >= 15 is 0 Å². The lowest BCUT2D eigenvalue weighted by atomic mass is 10.0. The second kappa shape index (κ2) is 17.6. The Balaban J connectivity index is 0.868. The van der Waals surface area contributed by atoms with Gasteiger partial charge in [-0.3, -0.25) is 14.9 Å². The molecule has 0 spiro atoms. The summed E-state index contributed by atoms with van der Waals surface area (Å²) in [6, 6.07) is 31.8. The van der Waals surface area contributed by atoms with E-state index in [9.17, 15) is 24.6 Å². The van der Waals surface area contributed by atoms with Gasteiger partial charge in [-0.05, 0) is 66.3 Å². The van der Waals surface area contributed by atoms with Gasteiger partial charge < -0.3 is 35.5 Å². The van der Waals surface area contributed by atoms with Crippen molar-refractivity contribution in [1.29, 1.82) is 0 Å². The summed E-state index contributed by atoms with van der Waals surface area (Å²) in [5.41, 5.74) is 5.40. The monoisotopic (exact) mass is 703 g/mol. The van der Waals surface area contributed by atoms with E-state index in [2.05, 4.69) is 31.9 Å². The van der Waals surface area contributed by atoms with Crippen LogP contribution in [0.1, 0.15) is 42.1 Å². The van der Waals surface area contributed by atoms with Gasteiger partial charge in [-0.15, -0.1) is 0 Å². The van der Waals surface area contributed by atoms with E-state index < -0.39 is 12.2 Å². The van der Waals surface area contributed by atoms with Crippen LogP contribution in [0.3, 0.4) is 0 Å². The quantitative estimate of drug-likeness (QED) is 0.0831. The number of aliphatic hydroxyl groups is 1. The highest BCUT2D eigenvalue weighted by Gasteiger charge is 2.23. The van der Waals surface area contributed by atoms with Gasteiger partial charge in [0.1, 0.15) is 11.9 Å². The molecule has 1 aromatic heterocycles. The molecule has 0 radical (unpaired) electrons. The predicted octanol–water partition coefficient (Wildman–Crippen LogP) is 5.49. The second-order valence-corrected chi connectivity index (χ2v) is 13.1. The summed E-state index contributed by atoms with van der Waals surface area (Å²) in [5, 5.41) is 30.7. The predicted molar refractivity (Wildman–Crippen MR) is 202 cm³/mol. The first-order valence-corrected chi connectivity index (χ1v) is 17.7. The number of pyridine rings is 1. The van der Waals surface area contributed by atoms with E-state index in [4.69, 9.17) is 4.74 Å². The summed E-state index contributed by atoms with van der Waals surface area (Å²) in [6.45, 7) is 3.53. The Labute approximate surface area is 302 Å². The SMILES string of the molecule is O=C(CCN1CCC(OC(=O)Nc2ccccc2-c2ccccc2)CC1)NCc1cccc(CCNC[C@H](O)c2ccc(O)c3[nH]c(=O)ccc23)c1. The number of rotatable bonds is 14. The average molecular weight is 704 g/mol. The summed E-state index contributed by atoms with van der Waals surface area (Å²) in [5.74, 6) is -0.0537. The van der Waals surface area contributed by atoms with Gasteiger partial charge in [-0.1, -0.05) is 78.9 Å². The Morgan fingerprint density at radius 3 is 2.50 bits per heavy atom. The molecule has 4 aromatic carbocycles. The minimum absolute atomic E-state index is 0.0123. The number of likely N-dealkylation sites (tertiary alicyclic amines) is 1. The fourth-order valence-corrected chi connectivity index (χ4v) is 6.58. The number of hydrogen-bond acceptors (Lipinski definition) is 8. The maximum absolute atomic E-state index is 12.7. The van der Waals surface area contributed by atoms with Crippen LogP contribution < -0.4 is 21.5 Å². The molecule has 0 bridgehead atoms. The Kier molecular flexibility index (Phi) is 12.3. The third kappa shape index (κ3) is 9.85. The number of nitrogens with zero attached hydrogens (tertiary/aromatic N) is 1. The van der Waals surface area contributed by atoms with Crippen molar-refractivity contribution in [3.63, 3.8) is 0 Å². The second-order valence-electron chi connectivity index (χ2n) is 13.1. The van der Waals surface area contributed by atoms with Gasteiger partial charge in [0.05, 0.1) is 17.3 Å². The fraction of sp³-hybridized carbons (Fsp3) is 0.293. The summed E-state index contributed by atoms with van der Waals surface area (Å²) in [7, 11) is 0. The van der Waals surface area contributed by atoms with Crippen molar-refractivity contribution in [2.45, 2.75) is 44.4 Å². The summed E-state index contributed by atoms with van der Waals surface area (Å²) < 4.78 is 5.75. The molecule has 0 saturated carbocycles. The highest BCUT2D eigenvalue weighted by molar-refractivity contribution is 5.91. The zero-order valence-electron chi connectivity index (χ0n) is 29.0. The first kappa shape index (κ1) is 36.3. The van der Waals surface area contributed by atoms with Crippen molar-refractivity contribution in [2.24, 2.45) is 0 Å². The molecule has 1 aliphatic rings. The smallest absolute Gasteiger partial charge is 0.411 e. The number of para-hydroxylation sites is 1. The summed E-state index contributed by atoms with van der Waals surface area (Å²) in [6.07, 6.45) is 1.10. The van der Waals surface area contributed by atoms with Gasteiger partial charge in [-0.2, -0.15) is 0 Å². The van der Waals surface area contributed by atoms with Crippen molar-refractivity contribution in [3.05, 3.63) is 130 Å². The number of aliphatic hydroxyl groups excluding tert-OH is 1. The number of aromatic amines is 1. The lowest BCUT2D eigenvalue weighted by Gasteiger charge is -2.31. The fourth-order valence-electron chi connectivity index (χ4n) is 6.58. The molecule has 5 aromatic rings. The topological polar surface area (TPSA) is 156 Å². The first-order chi connectivity index (χ1) is 25.3. The van der Waals surface area contributed by atoms with E-state index in [1.54, 1.807) is 12.1 Å². The molecule has 1 fully saturated rings. The molecule has 0 unspecified atom stereocenters. The summed E-state index contributed by atoms with van der Waals surface area (Å²) in [4.78, 5) is 42.0. The van der Waals surface area contributed by atoms with Gasteiger partial charge >= 0.3 is 6.09 Å². The molecule has 1 atom stereocenters. The van der Waals surface area contributed by atoms with Crippen LogP contribution in [-0.4, -0.2) is 70.9 Å². The number of phenolic OH excluding ortho intramolecular Hbond substituents is 1. The molecule has 2 amide bonds. The lowest BCUT2D eigenvalue weighted by molar-refractivity contribution is -0.121. The maximum atomic E-state index is 12.7. The molecule has 1 aliphatic heterocycles. The number of benzene rings is 4. The molecule has 6 rings (SSSR count). The maximum Gasteiger partial charge on any atom is 0.411 e. The number of amides is 2. The Bertz CT molecular complexity index is 2030. The van der Waals surface area contributed by atoms with Crippen molar-refractivity contribution in [3.8, 4) is 16.9 Å². The van der Waals surface area contributed by atoms with Crippen molar-refractivity contribution >= 4 is 28.6 Å². The van der Waals surface area contributed by atoms with Crippen molar-refractivity contribution in [2.75, 3.05) is 38.0 Å². The number of aromatic nitrogens is 1. The number of nitrogens with one attached hydrogen (secondary N) is 4.